The number of fused-ring (bicyclic) bond motifs is 1. The van der Waals surface area contributed by atoms with E-state index in [0.29, 0.717) is 29.1 Å². The van der Waals surface area contributed by atoms with Gasteiger partial charge in [0, 0.05) is 11.1 Å². The third kappa shape index (κ3) is 2.48. The van der Waals surface area contributed by atoms with Crippen molar-refractivity contribution in [3.05, 3.63) is 24.1 Å². The molecule has 0 aliphatic heterocycles. The van der Waals surface area contributed by atoms with Gasteiger partial charge in [0.15, 0.2) is 5.58 Å². The van der Waals surface area contributed by atoms with Gasteiger partial charge in [-0.05, 0) is 31.5 Å². The first-order chi connectivity index (χ1) is 10.0. The number of amides is 1. The van der Waals surface area contributed by atoms with E-state index >= 15 is 0 Å². The minimum absolute atomic E-state index is 0.166. The number of carbonyl (C=O) groups excluding carboxylic acids is 1. The average Bonchev–Trinajstić information content (AvgIpc) is 2.75. The molecule has 1 aliphatic carbocycles. The SMILES string of the molecule is CC(C)(C)c1nc2cc(NC(=O)C3(C)CC3(Cl)Cl)ccc2o1. The first kappa shape index (κ1) is 15.6. The molecule has 0 bridgehead atoms. The lowest BCUT2D eigenvalue weighted by Crippen LogP contribution is -2.25. The lowest BCUT2D eigenvalue weighted by Gasteiger charge is -2.12. The number of oxazole rings is 1. The van der Waals surface area contributed by atoms with E-state index in [4.69, 9.17) is 27.6 Å². The van der Waals surface area contributed by atoms with E-state index in [0.717, 1.165) is 0 Å². The molecule has 1 fully saturated rings. The Morgan fingerprint density at radius 2 is 2.00 bits per heavy atom. The van der Waals surface area contributed by atoms with Gasteiger partial charge in [-0.1, -0.05) is 20.8 Å². The number of carbonyl (C=O) groups is 1. The molecule has 4 nitrogen and oxygen atoms in total. The second kappa shape index (κ2) is 4.62. The Hall–Kier alpha value is -1.26. The van der Waals surface area contributed by atoms with Crippen molar-refractivity contribution in [3.63, 3.8) is 0 Å². The largest absolute Gasteiger partial charge is 0.440 e. The van der Waals surface area contributed by atoms with Crippen molar-refractivity contribution >= 4 is 45.9 Å². The third-order valence-corrected chi connectivity index (χ3v) is 5.15. The Labute approximate surface area is 139 Å². The van der Waals surface area contributed by atoms with Crippen molar-refractivity contribution in [1.82, 2.24) is 4.98 Å². The van der Waals surface area contributed by atoms with Crippen molar-refractivity contribution in [3.8, 4) is 0 Å². The number of rotatable bonds is 2. The van der Waals surface area contributed by atoms with E-state index in [1.165, 1.54) is 0 Å². The van der Waals surface area contributed by atoms with Gasteiger partial charge in [0.2, 0.25) is 11.8 Å². The molecule has 0 radical (unpaired) electrons. The summed E-state index contributed by atoms with van der Waals surface area (Å²) in [5, 5.41) is 2.85. The van der Waals surface area contributed by atoms with Crippen LogP contribution in [0, 0.1) is 5.41 Å². The van der Waals surface area contributed by atoms with E-state index in [9.17, 15) is 4.79 Å². The number of alkyl halides is 2. The first-order valence-corrected chi connectivity index (χ1v) is 7.89. The molecule has 1 N–H and O–H groups in total. The van der Waals surface area contributed by atoms with Crippen LogP contribution < -0.4 is 5.32 Å². The van der Waals surface area contributed by atoms with Crippen LogP contribution in [0.3, 0.4) is 0 Å². The highest BCUT2D eigenvalue weighted by atomic mass is 35.5. The summed E-state index contributed by atoms with van der Waals surface area (Å²) in [5.41, 5.74) is 1.16. The molecule has 1 aliphatic rings. The predicted octanol–water partition coefficient (Wildman–Crippen LogP) is 4.65. The summed E-state index contributed by atoms with van der Waals surface area (Å²) < 4.78 is 4.76. The van der Waals surface area contributed by atoms with Crippen molar-refractivity contribution < 1.29 is 9.21 Å². The summed E-state index contributed by atoms with van der Waals surface area (Å²) in [6.45, 7) is 7.87. The molecule has 1 atom stereocenters. The fraction of sp³-hybridized carbons (Fsp3) is 0.500. The molecule has 0 spiro atoms. The Morgan fingerprint density at radius 3 is 2.55 bits per heavy atom. The van der Waals surface area contributed by atoms with Gasteiger partial charge in [-0.25, -0.2) is 4.98 Å². The van der Waals surface area contributed by atoms with Crippen LogP contribution in [0.1, 0.15) is 40.0 Å². The molecule has 118 valence electrons. The normalized spacial score (nSPS) is 23.5. The Bertz CT molecular complexity index is 761. The molecule has 1 saturated carbocycles. The number of aromatic nitrogens is 1. The fourth-order valence-electron chi connectivity index (χ4n) is 2.24. The predicted molar refractivity (Wildman–Crippen MR) is 88.5 cm³/mol. The van der Waals surface area contributed by atoms with E-state index < -0.39 is 9.75 Å². The minimum atomic E-state index is -0.978. The van der Waals surface area contributed by atoms with E-state index in [1.54, 1.807) is 25.1 Å². The number of hydrogen-bond donors (Lipinski definition) is 1. The third-order valence-electron chi connectivity index (χ3n) is 4.05. The quantitative estimate of drug-likeness (QED) is 0.809. The number of anilines is 1. The number of hydrogen-bond acceptors (Lipinski definition) is 3. The highest BCUT2D eigenvalue weighted by Gasteiger charge is 2.67. The lowest BCUT2D eigenvalue weighted by molar-refractivity contribution is -0.120. The van der Waals surface area contributed by atoms with Crippen LogP contribution in [-0.4, -0.2) is 15.2 Å². The van der Waals surface area contributed by atoms with Crippen LogP contribution in [0.25, 0.3) is 11.1 Å². The maximum atomic E-state index is 12.3. The van der Waals surface area contributed by atoms with Crippen molar-refractivity contribution in [2.24, 2.45) is 5.41 Å². The second-order valence-electron chi connectivity index (χ2n) is 7.12. The zero-order valence-corrected chi connectivity index (χ0v) is 14.5. The molecule has 6 heteroatoms. The van der Waals surface area contributed by atoms with E-state index in [1.807, 2.05) is 20.8 Å². The molecule has 1 amide bonds. The van der Waals surface area contributed by atoms with Crippen LogP contribution in [0.5, 0.6) is 0 Å². The Kier molecular flexibility index (Phi) is 3.28. The van der Waals surface area contributed by atoms with Gasteiger partial charge in [0.25, 0.3) is 0 Å². The molecule has 1 aromatic heterocycles. The van der Waals surface area contributed by atoms with Gasteiger partial charge in [0.05, 0.1) is 5.41 Å². The standard InChI is InChI=1S/C16H18Cl2N2O2/c1-14(2,3)13-20-10-7-9(5-6-11(10)22-13)19-12(21)15(4)8-16(15,17)18/h5-7H,8H2,1-4H3,(H,19,21). The molecule has 22 heavy (non-hydrogen) atoms. The zero-order chi connectivity index (χ0) is 16.3. The first-order valence-electron chi connectivity index (χ1n) is 7.13. The highest BCUT2D eigenvalue weighted by Crippen LogP contribution is 2.64. The maximum Gasteiger partial charge on any atom is 0.233 e. The van der Waals surface area contributed by atoms with Crippen LogP contribution in [0.2, 0.25) is 0 Å². The molecule has 3 rings (SSSR count). The van der Waals surface area contributed by atoms with Gasteiger partial charge < -0.3 is 9.73 Å². The summed E-state index contributed by atoms with van der Waals surface area (Å²) in [7, 11) is 0. The monoisotopic (exact) mass is 340 g/mol. The number of halogens is 2. The van der Waals surface area contributed by atoms with E-state index in [2.05, 4.69) is 10.3 Å². The van der Waals surface area contributed by atoms with Crippen molar-refractivity contribution in [2.45, 2.75) is 43.9 Å². The van der Waals surface area contributed by atoms with E-state index in [-0.39, 0.29) is 11.3 Å². The van der Waals surface area contributed by atoms with Crippen molar-refractivity contribution in [2.75, 3.05) is 5.32 Å². The van der Waals surface area contributed by atoms with Gasteiger partial charge in [-0.2, -0.15) is 0 Å². The molecule has 2 aromatic rings. The number of nitrogens with zero attached hydrogens (tertiary/aromatic N) is 1. The topological polar surface area (TPSA) is 55.1 Å². The Morgan fingerprint density at radius 1 is 1.36 bits per heavy atom. The molecular weight excluding hydrogens is 323 g/mol. The number of benzene rings is 1. The van der Waals surface area contributed by atoms with Gasteiger partial charge in [-0.15, -0.1) is 23.2 Å². The summed E-state index contributed by atoms with van der Waals surface area (Å²) in [6, 6.07) is 5.38. The average molecular weight is 341 g/mol. The molecule has 1 heterocycles. The Balaban J connectivity index is 1.85. The molecule has 1 aromatic carbocycles. The number of nitrogens with one attached hydrogen (secondary N) is 1. The molecule has 1 unspecified atom stereocenters. The smallest absolute Gasteiger partial charge is 0.233 e. The molecule has 0 saturated heterocycles. The van der Waals surface area contributed by atoms with Crippen LogP contribution in [-0.2, 0) is 10.2 Å². The van der Waals surface area contributed by atoms with Gasteiger partial charge >= 0.3 is 0 Å². The maximum absolute atomic E-state index is 12.3. The molecular formula is C16H18Cl2N2O2. The zero-order valence-electron chi connectivity index (χ0n) is 13.0. The second-order valence-corrected chi connectivity index (χ2v) is 8.60. The fourth-order valence-corrected chi connectivity index (χ4v) is 2.95. The summed E-state index contributed by atoms with van der Waals surface area (Å²) >= 11 is 12.1. The van der Waals surface area contributed by atoms with Crippen LogP contribution in [0.15, 0.2) is 22.6 Å². The van der Waals surface area contributed by atoms with Gasteiger partial charge in [-0.3, -0.25) is 4.79 Å². The summed E-state index contributed by atoms with van der Waals surface area (Å²) in [6.07, 6.45) is 0.454. The summed E-state index contributed by atoms with van der Waals surface area (Å²) in [5.74, 6) is 0.483. The minimum Gasteiger partial charge on any atom is -0.440 e. The summed E-state index contributed by atoms with van der Waals surface area (Å²) in [4.78, 5) is 16.8. The van der Waals surface area contributed by atoms with Gasteiger partial charge in [0.1, 0.15) is 9.85 Å². The highest BCUT2D eigenvalue weighted by molar-refractivity contribution is 6.53. The van der Waals surface area contributed by atoms with Crippen LogP contribution in [0.4, 0.5) is 5.69 Å². The lowest BCUT2D eigenvalue weighted by atomic mass is 9.97. The van der Waals surface area contributed by atoms with Crippen molar-refractivity contribution in [1.29, 1.82) is 0 Å². The van der Waals surface area contributed by atoms with Crippen LogP contribution >= 0.6 is 23.2 Å².